The number of hydrogen-bond donors (Lipinski definition) is 2. The van der Waals surface area contributed by atoms with E-state index in [0.29, 0.717) is 24.3 Å². The maximum Gasteiger partial charge on any atom is 0.273 e. The van der Waals surface area contributed by atoms with Crippen molar-refractivity contribution in [3.63, 3.8) is 0 Å². The van der Waals surface area contributed by atoms with Gasteiger partial charge >= 0.3 is 0 Å². The zero-order chi connectivity index (χ0) is 18.5. The van der Waals surface area contributed by atoms with Crippen LogP contribution in [0, 0.1) is 0 Å². The van der Waals surface area contributed by atoms with Crippen LogP contribution in [-0.4, -0.2) is 46.6 Å². The van der Waals surface area contributed by atoms with Crippen molar-refractivity contribution in [3.05, 3.63) is 42.2 Å². The summed E-state index contributed by atoms with van der Waals surface area (Å²) >= 11 is 0. The van der Waals surface area contributed by atoms with Crippen LogP contribution in [0.15, 0.2) is 36.5 Å². The fourth-order valence-corrected chi connectivity index (χ4v) is 3.31. The lowest BCUT2D eigenvalue weighted by Crippen LogP contribution is -2.40. The van der Waals surface area contributed by atoms with Crippen LogP contribution in [0.4, 0.5) is 5.69 Å². The maximum atomic E-state index is 12.4. The summed E-state index contributed by atoms with van der Waals surface area (Å²) in [6.07, 6.45) is 5.72. The molecule has 0 unspecified atom stereocenters. The summed E-state index contributed by atoms with van der Waals surface area (Å²) in [7, 11) is 2.02. The molecule has 1 atom stereocenters. The van der Waals surface area contributed by atoms with Crippen molar-refractivity contribution in [1.29, 1.82) is 0 Å². The number of carbonyl (C=O) groups is 1. The van der Waals surface area contributed by atoms with Gasteiger partial charge in [0.05, 0.1) is 12.2 Å². The van der Waals surface area contributed by atoms with Gasteiger partial charge in [0, 0.05) is 31.4 Å². The Hall–Kier alpha value is -2.41. The van der Waals surface area contributed by atoms with Crippen LogP contribution in [0.25, 0.3) is 0 Å². The van der Waals surface area contributed by atoms with E-state index in [0.717, 1.165) is 31.4 Å². The Kier molecular flexibility index (Phi) is 5.88. The Bertz CT molecular complexity index is 708. The third-order valence-electron chi connectivity index (χ3n) is 5.24. The molecule has 0 spiro atoms. The van der Waals surface area contributed by atoms with E-state index in [1.54, 1.807) is 6.20 Å². The van der Waals surface area contributed by atoms with Crippen LogP contribution in [0.5, 0.6) is 0 Å². The second-order valence-corrected chi connectivity index (χ2v) is 7.16. The molecule has 0 radical (unpaired) electrons. The molecule has 3 rings (SSSR count). The number of likely N-dealkylation sites (N-methyl/N-ethyl adjacent to an activating group) is 1. The van der Waals surface area contributed by atoms with Crippen molar-refractivity contribution in [2.45, 2.75) is 50.7 Å². The van der Waals surface area contributed by atoms with Crippen molar-refractivity contribution in [3.8, 4) is 0 Å². The highest BCUT2D eigenvalue weighted by Gasteiger charge is 2.22. The first-order chi connectivity index (χ1) is 12.5. The van der Waals surface area contributed by atoms with Gasteiger partial charge < -0.3 is 16.0 Å². The van der Waals surface area contributed by atoms with Crippen LogP contribution in [0.2, 0.25) is 0 Å². The number of nitrogens with one attached hydrogen (secondary N) is 1. The lowest BCUT2D eigenvalue weighted by Gasteiger charge is -2.27. The summed E-state index contributed by atoms with van der Waals surface area (Å²) in [6, 6.07) is 10.9. The van der Waals surface area contributed by atoms with Gasteiger partial charge in [-0.1, -0.05) is 23.4 Å². The standard InChI is InChI=1S/C19H28N6O/c1-14(24(2)16-6-4-3-5-7-16)12-21-19(26)18-13-25(23-22-18)17-10-8-15(20)9-11-17/h3-7,13-15,17H,8-12,20H2,1-2H3,(H,21,26)/t14-,15?,17?/m1/s1. The van der Waals surface area contributed by atoms with Gasteiger partial charge in [-0.2, -0.15) is 0 Å². The molecule has 1 aliphatic rings. The summed E-state index contributed by atoms with van der Waals surface area (Å²) in [5.41, 5.74) is 7.44. The Morgan fingerprint density at radius 3 is 2.69 bits per heavy atom. The number of hydrogen-bond acceptors (Lipinski definition) is 5. The number of amides is 1. The predicted octanol–water partition coefficient (Wildman–Crippen LogP) is 1.98. The summed E-state index contributed by atoms with van der Waals surface area (Å²) in [6.45, 7) is 2.62. The zero-order valence-corrected chi connectivity index (χ0v) is 15.5. The van der Waals surface area contributed by atoms with Crippen LogP contribution in [0.3, 0.4) is 0 Å². The summed E-state index contributed by atoms with van der Waals surface area (Å²) < 4.78 is 1.82. The highest BCUT2D eigenvalue weighted by molar-refractivity contribution is 5.91. The molecule has 2 aromatic rings. The van der Waals surface area contributed by atoms with Gasteiger partial charge in [0.1, 0.15) is 0 Å². The summed E-state index contributed by atoms with van der Waals surface area (Å²) in [5.74, 6) is -0.183. The Labute approximate surface area is 154 Å². The fourth-order valence-electron chi connectivity index (χ4n) is 3.31. The molecular formula is C19H28N6O. The number of carbonyl (C=O) groups excluding carboxylic acids is 1. The zero-order valence-electron chi connectivity index (χ0n) is 15.5. The third kappa shape index (κ3) is 4.40. The van der Waals surface area contributed by atoms with Gasteiger partial charge in [-0.3, -0.25) is 4.79 Å². The molecule has 140 valence electrons. The van der Waals surface area contributed by atoms with Crippen LogP contribution in [-0.2, 0) is 0 Å². The Balaban J connectivity index is 1.52. The van der Waals surface area contributed by atoms with Crippen molar-refractivity contribution in [2.75, 3.05) is 18.5 Å². The van der Waals surface area contributed by atoms with E-state index in [4.69, 9.17) is 5.73 Å². The van der Waals surface area contributed by atoms with Crippen molar-refractivity contribution < 1.29 is 4.79 Å². The number of para-hydroxylation sites is 1. The molecule has 1 saturated carbocycles. The fraction of sp³-hybridized carbons (Fsp3) is 0.526. The van der Waals surface area contributed by atoms with Gasteiger partial charge in [0.25, 0.3) is 5.91 Å². The molecule has 1 aromatic heterocycles. The minimum atomic E-state index is -0.183. The molecule has 0 aliphatic heterocycles. The predicted molar refractivity (Wildman–Crippen MR) is 102 cm³/mol. The van der Waals surface area contributed by atoms with E-state index in [1.807, 2.05) is 29.9 Å². The Morgan fingerprint density at radius 1 is 1.31 bits per heavy atom. The van der Waals surface area contributed by atoms with E-state index in [2.05, 4.69) is 39.6 Å². The third-order valence-corrected chi connectivity index (χ3v) is 5.24. The number of nitrogens with zero attached hydrogens (tertiary/aromatic N) is 4. The first-order valence-corrected chi connectivity index (χ1v) is 9.28. The number of rotatable bonds is 6. The van der Waals surface area contributed by atoms with Gasteiger partial charge in [-0.25, -0.2) is 4.68 Å². The molecule has 1 aromatic carbocycles. The number of anilines is 1. The van der Waals surface area contributed by atoms with Crippen LogP contribution < -0.4 is 16.0 Å². The average Bonchev–Trinajstić information content (AvgIpc) is 3.16. The van der Waals surface area contributed by atoms with E-state index in [-0.39, 0.29) is 11.9 Å². The average molecular weight is 356 g/mol. The highest BCUT2D eigenvalue weighted by Crippen LogP contribution is 2.26. The summed E-state index contributed by atoms with van der Waals surface area (Å²) in [5, 5.41) is 11.2. The topological polar surface area (TPSA) is 89.1 Å². The van der Waals surface area contributed by atoms with E-state index in [1.165, 1.54) is 0 Å². The largest absolute Gasteiger partial charge is 0.370 e. The Morgan fingerprint density at radius 2 is 2.00 bits per heavy atom. The minimum absolute atomic E-state index is 0.163. The monoisotopic (exact) mass is 356 g/mol. The molecule has 1 fully saturated rings. The van der Waals surface area contributed by atoms with Crippen molar-refractivity contribution >= 4 is 11.6 Å². The van der Waals surface area contributed by atoms with Gasteiger partial charge in [-0.15, -0.1) is 5.10 Å². The van der Waals surface area contributed by atoms with Crippen LogP contribution in [0.1, 0.15) is 49.1 Å². The van der Waals surface area contributed by atoms with Gasteiger partial charge in [0.2, 0.25) is 0 Å². The molecule has 1 heterocycles. The molecule has 1 aliphatic carbocycles. The highest BCUT2D eigenvalue weighted by atomic mass is 16.2. The number of benzene rings is 1. The lowest BCUT2D eigenvalue weighted by molar-refractivity contribution is 0.0946. The second-order valence-electron chi connectivity index (χ2n) is 7.16. The lowest BCUT2D eigenvalue weighted by atomic mass is 9.92. The van der Waals surface area contributed by atoms with Crippen LogP contribution >= 0.6 is 0 Å². The first-order valence-electron chi connectivity index (χ1n) is 9.28. The number of nitrogens with two attached hydrogens (primary N) is 1. The molecular weight excluding hydrogens is 328 g/mol. The minimum Gasteiger partial charge on any atom is -0.370 e. The van der Waals surface area contributed by atoms with Crippen molar-refractivity contribution in [1.82, 2.24) is 20.3 Å². The molecule has 7 nitrogen and oxygen atoms in total. The van der Waals surface area contributed by atoms with Gasteiger partial charge in [-0.05, 0) is 44.7 Å². The maximum absolute atomic E-state index is 12.4. The molecule has 0 bridgehead atoms. The number of aromatic nitrogens is 3. The second kappa shape index (κ2) is 8.31. The van der Waals surface area contributed by atoms with Crippen molar-refractivity contribution in [2.24, 2.45) is 5.73 Å². The molecule has 26 heavy (non-hydrogen) atoms. The smallest absolute Gasteiger partial charge is 0.273 e. The molecule has 0 saturated heterocycles. The first kappa shape index (κ1) is 18.4. The molecule has 3 N–H and O–H groups in total. The quantitative estimate of drug-likeness (QED) is 0.826. The van der Waals surface area contributed by atoms with Gasteiger partial charge in [0.15, 0.2) is 5.69 Å². The SMILES string of the molecule is C[C@H](CNC(=O)c1cn(C2CCC(N)CC2)nn1)N(C)c1ccccc1. The normalized spacial score (nSPS) is 21.2. The van der Waals surface area contributed by atoms with E-state index < -0.39 is 0 Å². The molecule has 7 heteroatoms. The van der Waals surface area contributed by atoms with E-state index in [9.17, 15) is 4.79 Å². The molecule has 1 amide bonds. The summed E-state index contributed by atoms with van der Waals surface area (Å²) in [4.78, 5) is 14.5. The van der Waals surface area contributed by atoms with E-state index >= 15 is 0 Å².